The highest BCUT2D eigenvalue weighted by Crippen LogP contribution is 2.22. The lowest BCUT2D eigenvalue weighted by Crippen LogP contribution is -2.66. The number of carbonyl (C=O) groups excluding carboxylic acids is 2. The van der Waals surface area contributed by atoms with Gasteiger partial charge in [0, 0.05) is 20.1 Å². The lowest BCUT2D eigenvalue weighted by Gasteiger charge is -2.44. The molecule has 1 fully saturated rings. The van der Waals surface area contributed by atoms with Crippen LogP contribution < -0.4 is 5.32 Å². The molecule has 1 heterocycles. The van der Waals surface area contributed by atoms with Gasteiger partial charge in [-0.2, -0.15) is 0 Å². The Hall–Kier alpha value is -1.79. The highest BCUT2D eigenvalue weighted by molar-refractivity contribution is 5.92. The summed E-state index contributed by atoms with van der Waals surface area (Å²) in [6.45, 7) is 7.95. The average Bonchev–Trinajstić information content (AvgIpc) is 2.34. The highest BCUT2D eigenvalue weighted by atomic mass is 16.4. The minimum Gasteiger partial charge on any atom is -0.480 e. The van der Waals surface area contributed by atoms with Crippen molar-refractivity contribution in [1.82, 2.24) is 15.1 Å². The van der Waals surface area contributed by atoms with Gasteiger partial charge in [0.25, 0.3) is 0 Å². The van der Waals surface area contributed by atoms with E-state index in [0.717, 1.165) is 0 Å². The molecule has 21 heavy (non-hydrogen) atoms. The molecule has 1 rings (SSSR count). The van der Waals surface area contributed by atoms with Crippen LogP contribution in [0.3, 0.4) is 0 Å². The van der Waals surface area contributed by atoms with Gasteiger partial charge in [-0.25, -0.2) is 9.59 Å². The van der Waals surface area contributed by atoms with Crippen LogP contribution >= 0.6 is 0 Å². The van der Waals surface area contributed by atoms with Crippen LogP contribution in [0.2, 0.25) is 0 Å². The van der Waals surface area contributed by atoms with Crippen LogP contribution in [0.1, 0.15) is 34.1 Å². The second kappa shape index (κ2) is 6.32. The molecule has 0 radical (unpaired) electrons. The van der Waals surface area contributed by atoms with E-state index >= 15 is 0 Å². The van der Waals surface area contributed by atoms with Gasteiger partial charge in [0.1, 0.15) is 11.6 Å². The molecular weight excluding hydrogens is 274 g/mol. The molecule has 0 saturated carbocycles. The van der Waals surface area contributed by atoms with Crippen molar-refractivity contribution in [2.75, 3.05) is 20.1 Å². The fourth-order valence-corrected chi connectivity index (χ4v) is 2.49. The maximum atomic E-state index is 12.3. The van der Waals surface area contributed by atoms with Crippen LogP contribution in [0.5, 0.6) is 0 Å². The third-order valence-corrected chi connectivity index (χ3v) is 3.75. The van der Waals surface area contributed by atoms with Crippen LogP contribution in [0, 0.1) is 5.92 Å². The number of amides is 3. The molecule has 1 aliphatic heterocycles. The zero-order valence-corrected chi connectivity index (χ0v) is 13.3. The predicted octanol–water partition coefficient (Wildman–Crippen LogP) is 0.748. The molecule has 1 saturated heterocycles. The van der Waals surface area contributed by atoms with Crippen LogP contribution in [-0.2, 0) is 9.59 Å². The molecule has 0 unspecified atom stereocenters. The number of carboxylic acid groups (broad SMARTS) is 1. The molecule has 0 bridgehead atoms. The lowest BCUT2D eigenvalue weighted by atomic mass is 9.98. The number of urea groups is 1. The maximum absolute atomic E-state index is 12.3. The molecule has 0 aromatic heterocycles. The van der Waals surface area contributed by atoms with Crippen molar-refractivity contribution >= 4 is 17.9 Å². The quantitative estimate of drug-likeness (QED) is 0.801. The third kappa shape index (κ3) is 3.86. The van der Waals surface area contributed by atoms with Crippen molar-refractivity contribution in [2.24, 2.45) is 5.92 Å². The second-order valence-electron chi connectivity index (χ2n) is 6.41. The number of nitrogens with one attached hydrogen (secondary N) is 1. The zero-order valence-electron chi connectivity index (χ0n) is 13.3. The Morgan fingerprint density at radius 2 is 1.90 bits per heavy atom. The molecule has 0 aromatic rings. The molecule has 7 heteroatoms. The Labute approximate surface area is 125 Å². The van der Waals surface area contributed by atoms with Crippen LogP contribution in [0.4, 0.5) is 4.79 Å². The summed E-state index contributed by atoms with van der Waals surface area (Å²) in [5.41, 5.74) is -0.974. The van der Waals surface area contributed by atoms with Crippen molar-refractivity contribution in [3.8, 4) is 0 Å². The number of rotatable bonds is 4. The van der Waals surface area contributed by atoms with E-state index < -0.39 is 23.6 Å². The number of nitrogens with zero attached hydrogens (tertiary/aromatic N) is 2. The molecule has 0 spiro atoms. The molecule has 2 N–H and O–H groups in total. The first-order valence-electron chi connectivity index (χ1n) is 7.14. The van der Waals surface area contributed by atoms with Gasteiger partial charge in [-0.15, -0.1) is 0 Å². The van der Waals surface area contributed by atoms with Crippen molar-refractivity contribution in [3.05, 3.63) is 0 Å². The SMILES string of the molecule is CC(C)C[C@H](NC(=O)N1CCN(C)C(=O)C1(C)C)C(=O)O. The number of carboxylic acids is 1. The summed E-state index contributed by atoms with van der Waals surface area (Å²) in [6.07, 6.45) is 0.350. The molecule has 0 aromatic carbocycles. The van der Waals surface area contributed by atoms with E-state index in [0.29, 0.717) is 19.5 Å². The number of piperazine rings is 1. The molecule has 3 amide bonds. The Kier molecular flexibility index (Phi) is 5.20. The number of carbonyl (C=O) groups is 3. The summed E-state index contributed by atoms with van der Waals surface area (Å²) in [7, 11) is 1.69. The Balaban J connectivity index is 2.82. The second-order valence-corrected chi connectivity index (χ2v) is 6.41. The number of hydrogen-bond acceptors (Lipinski definition) is 3. The van der Waals surface area contributed by atoms with Crippen LogP contribution in [-0.4, -0.2) is 64.5 Å². The maximum Gasteiger partial charge on any atom is 0.326 e. The van der Waals surface area contributed by atoms with Gasteiger partial charge in [0.15, 0.2) is 0 Å². The molecule has 1 aliphatic rings. The van der Waals surface area contributed by atoms with E-state index in [4.69, 9.17) is 0 Å². The summed E-state index contributed by atoms with van der Waals surface area (Å²) in [4.78, 5) is 38.7. The molecule has 7 nitrogen and oxygen atoms in total. The smallest absolute Gasteiger partial charge is 0.326 e. The van der Waals surface area contributed by atoms with Crippen molar-refractivity contribution < 1.29 is 19.5 Å². The molecule has 120 valence electrons. The summed E-state index contributed by atoms with van der Waals surface area (Å²) in [6, 6.07) is -1.45. The van der Waals surface area contributed by atoms with Crippen molar-refractivity contribution in [3.63, 3.8) is 0 Å². The minimum atomic E-state index is -1.06. The fourth-order valence-electron chi connectivity index (χ4n) is 2.49. The first-order chi connectivity index (χ1) is 9.57. The Bertz CT molecular complexity index is 434. The summed E-state index contributed by atoms with van der Waals surface area (Å²) < 4.78 is 0. The first-order valence-corrected chi connectivity index (χ1v) is 7.14. The summed E-state index contributed by atoms with van der Waals surface area (Å²) in [5.74, 6) is -1.07. The van der Waals surface area contributed by atoms with Crippen molar-refractivity contribution in [2.45, 2.75) is 45.7 Å². The summed E-state index contributed by atoms with van der Waals surface area (Å²) >= 11 is 0. The van der Waals surface area contributed by atoms with E-state index in [2.05, 4.69) is 5.32 Å². The van der Waals surface area contributed by atoms with E-state index in [-0.39, 0.29) is 11.8 Å². The standard InChI is InChI=1S/C14H25N3O4/c1-9(2)8-10(11(18)19)15-13(21)17-7-6-16(5)12(20)14(17,3)4/h9-10H,6-8H2,1-5H3,(H,15,21)(H,18,19)/t10-/m0/s1. The first kappa shape index (κ1) is 17.3. The lowest BCUT2D eigenvalue weighted by molar-refractivity contribution is -0.144. The number of hydrogen-bond donors (Lipinski definition) is 2. The van der Waals surface area contributed by atoms with Gasteiger partial charge in [0.2, 0.25) is 5.91 Å². The van der Waals surface area contributed by atoms with E-state index in [9.17, 15) is 19.5 Å². The molecule has 1 atom stereocenters. The fraction of sp³-hybridized carbons (Fsp3) is 0.786. The normalized spacial score (nSPS) is 19.6. The largest absolute Gasteiger partial charge is 0.480 e. The van der Waals surface area contributed by atoms with Gasteiger partial charge in [0.05, 0.1) is 0 Å². The number of likely N-dealkylation sites (N-methyl/N-ethyl adjacent to an activating group) is 1. The average molecular weight is 299 g/mol. The van der Waals surface area contributed by atoms with Crippen LogP contribution in [0.15, 0.2) is 0 Å². The Morgan fingerprint density at radius 1 is 1.33 bits per heavy atom. The van der Waals surface area contributed by atoms with Gasteiger partial charge < -0.3 is 20.2 Å². The third-order valence-electron chi connectivity index (χ3n) is 3.75. The highest BCUT2D eigenvalue weighted by Gasteiger charge is 2.43. The summed E-state index contributed by atoms with van der Waals surface area (Å²) in [5, 5.41) is 11.7. The van der Waals surface area contributed by atoms with Crippen LogP contribution in [0.25, 0.3) is 0 Å². The van der Waals surface area contributed by atoms with Crippen molar-refractivity contribution in [1.29, 1.82) is 0 Å². The topological polar surface area (TPSA) is 90.0 Å². The Morgan fingerprint density at radius 3 is 2.38 bits per heavy atom. The predicted molar refractivity (Wildman–Crippen MR) is 77.8 cm³/mol. The number of aliphatic carboxylic acids is 1. The van der Waals surface area contributed by atoms with E-state index in [1.165, 1.54) is 4.90 Å². The van der Waals surface area contributed by atoms with Gasteiger partial charge >= 0.3 is 12.0 Å². The monoisotopic (exact) mass is 299 g/mol. The van der Waals surface area contributed by atoms with E-state index in [1.54, 1.807) is 25.8 Å². The van der Waals surface area contributed by atoms with Gasteiger partial charge in [-0.1, -0.05) is 13.8 Å². The zero-order chi connectivity index (χ0) is 16.4. The minimum absolute atomic E-state index is 0.147. The van der Waals surface area contributed by atoms with Gasteiger partial charge in [-0.05, 0) is 26.2 Å². The molecule has 0 aliphatic carbocycles. The van der Waals surface area contributed by atoms with Gasteiger partial charge in [-0.3, -0.25) is 4.79 Å². The van der Waals surface area contributed by atoms with E-state index in [1.807, 2.05) is 13.8 Å². The molecular formula is C14H25N3O4.